The number of hydrogen-bond acceptors (Lipinski definition) is 6. The lowest BCUT2D eigenvalue weighted by atomic mass is 10.2. The van der Waals surface area contributed by atoms with E-state index in [4.69, 9.17) is 0 Å². The zero-order valence-electron chi connectivity index (χ0n) is 14.3. The predicted molar refractivity (Wildman–Crippen MR) is 102 cm³/mol. The number of aromatic nitrogens is 4. The summed E-state index contributed by atoms with van der Waals surface area (Å²) in [6.45, 7) is 2.99. The van der Waals surface area contributed by atoms with E-state index in [1.165, 1.54) is 0 Å². The van der Waals surface area contributed by atoms with Crippen LogP contribution in [0.3, 0.4) is 0 Å². The minimum Gasteiger partial charge on any atom is -0.508 e. The van der Waals surface area contributed by atoms with E-state index in [0.717, 1.165) is 40.6 Å². The maximum Gasteiger partial charge on any atom is 0.265 e. The summed E-state index contributed by atoms with van der Waals surface area (Å²) in [5, 5.41) is 23.1. The van der Waals surface area contributed by atoms with Gasteiger partial charge in [-0.3, -0.25) is 0 Å². The second kappa shape index (κ2) is 6.79. The van der Waals surface area contributed by atoms with E-state index in [1.54, 1.807) is 24.4 Å². The molecule has 0 amide bonds. The molecule has 0 unspecified atom stereocenters. The Bertz CT molecular complexity index is 1100. The van der Waals surface area contributed by atoms with Gasteiger partial charge in [0.05, 0.1) is 11.7 Å². The van der Waals surface area contributed by atoms with Crippen LogP contribution in [0.5, 0.6) is 5.75 Å². The smallest absolute Gasteiger partial charge is 0.265 e. The number of para-hydroxylation sites is 1. The Morgan fingerprint density at radius 1 is 1.15 bits per heavy atom. The minimum atomic E-state index is 0.192. The molecule has 0 fully saturated rings. The average molecular weight is 346 g/mol. The van der Waals surface area contributed by atoms with Crippen LogP contribution in [0.2, 0.25) is 0 Å². The number of phenolic OH excluding ortho intramolecular Hbond substituents is 1. The highest BCUT2D eigenvalue weighted by Crippen LogP contribution is 2.26. The molecule has 0 aliphatic heterocycles. The molecule has 7 heteroatoms. The molecule has 0 aliphatic carbocycles. The number of nitrogens with one attached hydrogen (secondary N) is 1. The van der Waals surface area contributed by atoms with Gasteiger partial charge in [0, 0.05) is 11.9 Å². The molecular formula is C19H18N6O. The molecule has 2 aromatic heterocycles. The Balaban J connectivity index is 1.68. The molecule has 26 heavy (non-hydrogen) atoms. The van der Waals surface area contributed by atoms with E-state index >= 15 is 0 Å². The molecule has 0 spiro atoms. The third-order valence-corrected chi connectivity index (χ3v) is 4.07. The van der Waals surface area contributed by atoms with Crippen LogP contribution in [0.4, 0.5) is 5.95 Å². The van der Waals surface area contributed by atoms with Gasteiger partial charge >= 0.3 is 0 Å². The van der Waals surface area contributed by atoms with Crippen molar-refractivity contribution in [3.63, 3.8) is 0 Å². The SMILES string of the molecule is CCCn1c2ccccc2c2nnc(N/N=C/c3cccc(O)c3)nc21. The second-order valence-electron chi connectivity index (χ2n) is 5.94. The third-order valence-electron chi connectivity index (χ3n) is 4.07. The predicted octanol–water partition coefficient (Wildman–Crippen LogP) is 3.54. The zero-order chi connectivity index (χ0) is 17.9. The Morgan fingerprint density at radius 2 is 2.04 bits per heavy atom. The highest BCUT2D eigenvalue weighted by Gasteiger charge is 2.13. The Morgan fingerprint density at radius 3 is 2.88 bits per heavy atom. The first-order valence-electron chi connectivity index (χ1n) is 8.46. The molecule has 0 atom stereocenters. The fourth-order valence-corrected chi connectivity index (χ4v) is 2.97. The van der Waals surface area contributed by atoms with Crippen molar-refractivity contribution in [2.45, 2.75) is 19.9 Å². The molecule has 0 saturated heterocycles. The van der Waals surface area contributed by atoms with E-state index in [-0.39, 0.29) is 5.75 Å². The number of anilines is 1. The van der Waals surface area contributed by atoms with Crippen molar-refractivity contribution in [2.75, 3.05) is 5.43 Å². The van der Waals surface area contributed by atoms with Crippen LogP contribution in [0.1, 0.15) is 18.9 Å². The van der Waals surface area contributed by atoms with Crippen molar-refractivity contribution in [3.05, 3.63) is 54.1 Å². The van der Waals surface area contributed by atoms with Gasteiger partial charge in [-0.2, -0.15) is 10.1 Å². The Kier molecular flexibility index (Phi) is 4.18. The molecular weight excluding hydrogens is 328 g/mol. The standard InChI is InChI=1S/C19H18N6O/c1-2-10-25-16-9-4-3-8-15(16)17-18(25)21-19(24-22-17)23-20-12-13-6-5-7-14(26)11-13/h3-9,11-12,26H,2,10H2,1H3,(H,21,23,24)/b20-12+. The van der Waals surface area contributed by atoms with Crippen LogP contribution < -0.4 is 5.43 Å². The Hall–Kier alpha value is -3.48. The normalized spacial score (nSPS) is 11.6. The lowest BCUT2D eigenvalue weighted by Crippen LogP contribution is -2.03. The summed E-state index contributed by atoms with van der Waals surface area (Å²) in [7, 11) is 0. The van der Waals surface area contributed by atoms with Gasteiger partial charge in [-0.1, -0.05) is 37.3 Å². The quantitative estimate of drug-likeness (QED) is 0.426. The second-order valence-corrected chi connectivity index (χ2v) is 5.94. The van der Waals surface area contributed by atoms with Crippen molar-refractivity contribution >= 4 is 34.2 Å². The monoisotopic (exact) mass is 346 g/mol. The van der Waals surface area contributed by atoms with Crippen LogP contribution >= 0.6 is 0 Å². The highest BCUT2D eigenvalue weighted by molar-refractivity contribution is 6.04. The number of nitrogens with zero attached hydrogens (tertiary/aromatic N) is 5. The first-order chi connectivity index (χ1) is 12.8. The molecule has 0 bridgehead atoms. The van der Waals surface area contributed by atoms with Crippen molar-refractivity contribution in [1.29, 1.82) is 0 Å². The molecule has 0 aliphatic rings. The summed E-state index contributed by atoms with van der Waals surface area (Å²) < 4.78 is 2.16. The van der Waals surface area contributed by atoms with Gasteiger partial charge in [0.25, 0.3) is 5.95 Å². The maximum absolute atomic E-state index is 9.48. The van der Waals surface area contributed by atoms with Crippen molar-refractivity contribution in [2.24, 2.45) is 5.10 Å². The van der Waals surface area contributed by atoms with Crippen LogP contribution in [-0.4, -0.2) is 31.1 Å². The fourth-order valence-electron chi connectivity index (χ4n) is 2.97. The number of fused-ring (bicyclic) bond motifs is 3. The van der Waals surface area contributed by atoms with E-state index in [0.29, 0.717) is 5.95 Å². The number of rotatable bonds is 5. The summed E-state index contributed by atoms with van der Waals surface area (Å²) >= 11 is 0. The molecule has 2 N–H and O–H groups in total. The van der Waals surface area contributed by atoms with E-state index < -0.39 is 0 Å². The molecule has 4 aromatic rings. The van der Waals surface area contributed by atoms with E-state index in [9.17, 15) is 5.11 Å². The number of hydrazone groups is 1. The van der Waals surface area contributed by atoms with Gasteiger partial charge in [0.15, 0.2) is 5.65 Å². The largest absolute Gasteiger partial charge is 0.508 e. The highest BCUT2D eigenvalue weighted by atomic mass is 16.3. The van der Waals surface area contributed by atoms with E-state index in [1.807, 2.05) is 24.3 Å². The summed E-state index contributed by atoms with van der Waals surface area (Å²) in [4.78, 5) is 4.59. The topological polar surface area (TPSA) is 88.2 Å². The lowest BCUT2D eigenvalue weighted by molar-refractivity contribution is 0.475. The van der Waals surface area contributed by atoms with Crippen LogP contribution in [0.25, 0.3) is 22.1 Å². The maximum atomic E-state index is 9.48. The molecule has 130 valence electrons. The summed E-state index contributed by atoms with van der Waals surface area (Å²) in [5.74, 6) is 0.520. The number of hydrogen-bond donors (Lipinski definition) is 2. The fraction of sp³-hybridized carbons (Fsp3) is 0.158. The molecule has 0 saturated carbocycles. The molecule has 7 nitrogen and oxygen atoms in total. The molecule has 2 heterocycles. The summed E-state index contributed by atoms with van der Waals surface area (Å²) in [5.41, 5.74) is 6.26. The molecule has 4 rings (SSSR count). The Labute approximate surface area is 150 Å². The first-order valence-corrected chi connectivity index (χ1v) is 8.46. The van der Waals surface area contributed by atoms with Crippen LogP contribution in [-0.2, 0) is 6.54 Å². The average Bonchev–Trinajstić information content (AvgIpc) is 2.96. The third kappa shape index (κ3) is 2.95. The van der Waals surface area contributed by atoms with Crippen molar-refractivity contribution < 1.29 is 5.11 Å². The minimum absolute atomic E-state index is 0.192. The van der Waals surface area contributed by atoms with Gasteiger partial charge in [-0.25, -0.2) is 5.43 Å². The van der Waals surface area contributed by atoms with Gasteiger partial charge in [-0.15, -0.1) is 10.2 Å². The summed E-state index contributed by atoms with van der Waals surface area (Å²) in [6, 6.07) is 14.9. The van der Waals surface area contributed by atoms with Crippen molar-refractivity contribution in [3.8, 4) is 5.75 Å². The zero-order valence-corrected chi connectivity index (χ0v) is 14.3. The number of aryl methyl sites for hydroxylation is 1. The number of aromatic hydroxyl groups is 1. The van der Waals surface area contributed by atoms with Crippen molar-refractivity contribution in [1.82, 2.24) is 19.7 Å². The van der Waals surface area contributed by atoms with Crippen LogP contribution in [0, 0.1) is 0 Å². The van der Waals surface area contributed by atoms with Gasteiger partial charge in [-0.05, 0) is 30.2 Å². The van der Waals surface area contributed by atoms with Gasteiger partial charge in [0.1, 0.15) is 11.3 Å². The van der Waals surface area contributed by atoms with Gasteiger partial charge < -0.3 is 9.67 Å². The molecule has 0 radical (unpaired) electrons. The van der Waals surface area contributed by atoms with Gasteiger partial charge in [0.2, 0.25) is 0 Å². The lowest BCUT2D eigenvalue weighted by Gasteiger charge is -2.04. The van der Waals surface area contributed by atoms with Crippen LogP contribution in [0.15, 0.2) is 53.6 Å². The van der Waals surface area contributed by atoms with E-state index in [2.05, 4.69) is 43.3 Å². The first kappa shape index (κ1) is 16.0. The number of phenols is 1. The summed E-state index contributed by atoms with van der Waals surface area (Å²) in [6.07, 6.45) is 2.59. The number of benzene rings is 2. The molecule has 2 aromatic carbocycles.